The van der Waals surface area contributed by atoms with Gasteiger partial charge in [0.15, 0.2) is 0 Å². The van der Waals surface area contributed by atoms with Gasteiger partial charge in [-0.05, 0) is 105 Å². The average Bonchev–Trinajstić information content (AvgIpc) is 2.27. The predicted octanol–water partition coefficient (Wildman–Crippen LogP) is 3.70. The van der Waals surface area contributed by atoms with E-state index in [-0.39, 0.29) is 18.2 Å². The van der Waals surface area contributed by atoms with Crippen molar-refractivity contribution >= 4 is 56.9 Å². The van der Waals surface area contributed by atoms with Crippen LogP contribution in [0.3, 0.4) is 0 Å². The molecule has 10 rings (SSSR count). The van der Waals surface area contributed by atoms with Crippen LogP contribution < -0.4 is 53.2 Å². The van der Waals surface area contributed by atoms with E-state index in [0.29, 0.717) is 55.8 Å². The highest BCUT2D eigenvalue weighted by Crippen LogP contribution is 2.33. The molecular weight excluding hydrogens is 1110 g/mol. The highest BCUT2D eigenvalue weighted by molar-refractivity contribution is 5.69. The number of methoxy groups -OCH3 is 1. The van der Waals surface area contributed by atoms with Crippen LogP contribution in [0.15, 0.2) is 92.3 Å². The number of piperazine rings is 3. The molecule has 5 saturated heterocycles. The summed E-state index contributed by atoms with van der Waals surface area (Å²) in [6, 6.07) is 10.4. The van der Waals surface area contributed by atoms with Crippen LogP contribution in [-0.4, -0.2) is 256 Å². The van der Waals surface area contributed by atoms with Gasteiger partial charge in [0, 0.05) is 149 Å². The zero-order valence-electron chi connectivity index (χ0n) is 51.9. The van der Waals surface area contributed by atoms with Gasteiger partial charge in [-0.2, -0.15) is 13.2 Å². The summed E-state index contributed by atoms with van der Waals surface area (Å²) in [5.41, 5.74) is 37.5. The summed E-state index contributed by atoms with van der Waals surface area (Å²) >= 11 is 0. The highest BCUT2D eigenvalue weighted by Gasteiger charge is 2.37. The molecule has 5 aromatic heterocycles. The number of nitrogens with zero attached hydrogens (tertiary/aromatic N) is 15. The molecule has 2 unspecified atom stereocenters. The second kappa shape index (κ2) is 32.3. The van der Waals surface area contributed by atoms with E-state index < -0.39 is 18.3 Å². The highest BCUT2D eigenvalue weighted by atomic mass is 19.4. The van der Waals surface area contributed by atoms with Gasteiger partial charge in [-0.15, -0.1) is 0 Å². The number of anilines is 10. The first-order chi connectivity index (χ1) is 40.9. The van der Waals surface area contributed by atoms with Crippen molar-refractivity contribution in [3.05, 3.63) is 92.3 Å². The number of halogens is 3. The van der Waals surface area contributed by atoms with Crippen LogP contribution in [0.4, 0.5) is 70.0 Å². The van der Waals surface area contributed by atoms with Crippen molar-refractivity contribution in [3.63, 3.8) is 0 Å². The number of aliphatic hydroxyl groups is 2. The number of nitrogens with two attached hydrogens (primary N) is 5. The summed E-state index contributed by atoms with van der Waals surface area (Å²) in [5.74, 6) is 0. The van der Waals surface area contributed by atoms with Gasteiger partial charge < -0.3 is 82.8 Å². The SMILES string of the molecule is CC1CN(c2ccncc2N)CCN1C.CN(C)CC1(O)CCN(c2ccncc2N)CC1.CN1CCN(c2ccncc2N)CC1CO.COC1(CN(C)C)CCN(c2ccncc2N)CC1.Nc1cnccc1N1CCN(CC(F)(F)F)CC1. The molecule has 2 atom stereocenters. The van der Waals surface area contributed by atoms with E-state index in [1.807, 2.05) is 62.3 Å². The van der Waals surface area contributed by atoms with Crippen LogP contribution >= 0.6 is 0 Å². The Morgan fingerprint density at radius 3 is 1.22 bits per heavy atom. The fourth-order valence-electron chi connectivity index (χ4n) is 11.5. The van der Waals surface area contributed by atoms with Crippen molar-refractivity contribution in [2.24, 2.45) is 0 Å². The summed E-state index contributed by atoms with van der Waals surface area (Å²) in [5, 5.41) is 19.7. The molecule has 0 saturated carbocycles. The number of likely N-dealkylation sites (N-methyl/N-ethyl adjacent to an activating group) is 4. The lowest BCUT2D eigenvalue weighted by molar-refractivity contribution is -0.146. The number of piperidine rings is 2. The van der Waals surface area contributed by atoms with Crippen LogP contribution in [0.5, 0.6) is 0 Å². The Labute approximate surface area is 507 Å². The normalized spacial score (nSPS) is 20.2. The third kappa shape index (κ3) is 20.4. The van der Waals surface area contributed by atoms with Gasteiger partial charge >= 0.3 is 6.18 Å². The molecule has 26 heteroatoms. The largest absolute Gasteiger partial charge is 0.401 e. The second-order valence-electron chi connectivity index (χ2n) is 23.7. The Bertz CT molecular complexity index is 2780. The van der Waals surface area contributed by atoms with Gasteiger partial charge in [0.25, 0.3) is 0 Å². The number of hydrogen-bond donors (Lipinski definition) is 7. The molecule has 23 nitrogen and oxygen atoms in total. The van der Waals surface area contributed by atoms with Crippen LogP contribution in [0.25, 0.3) is 0 Å². The fraction of sp³-hybridized carbons (Fsp3) is 0.583. The van der Waals surface area contributed by atoms with E-state index in [0.717, 1.165) is 137 Å². The topological polar surface area (TPSA) is 277 Å². The van der Waals surface area contributed by atoms with Gasteiger partial charge in [-0.3, -0.25) is 34.7 Å². The summed E-state index contributed by atoms with van der Waals surface area (Å²) in [7, 11) is 14.2. The zero-order valence-corrected chi connectivity index (χ0v) is 51.9. The van der Waals surface area contributed by atoms with Gasteiger partial charge in [-0.25, -0.2) is 0 Å². The quantitative estimate of drug-likeness (QED) is 0.0938. The maximum absolute atomic E-state index is 12.2. The molecule has 476 valence electrons. The molecule has 5 aliphatic heterocycles. The number of alkyl halides is 3. The number of pyridine rings is 5. The minimum absolute atomic E-state index is 0.0260. The van der Waals surface area contributed by atoms with Crippen LogP contribution in [-0.2, 0) is 4.74 Å². The fourth-order valence-corrected chi connectivity index (χ4v) is 11.5. The first-order valence-electron chi connectivity index (χ1n) is 29.5. The van der Waals surface area contributed by atoms with Crippen LogP contribution in [0.2, 0.25) is 0 Å². The molecule has 86 heavy (non-hydrogen) atoms. The Kier molecular flexibility index (Phi) is 25.6. The van der Waals surface area contributed by atoms with E-state index in [4.69, 9.17) is 33.4 Å². The lowest BCUT2D eigenvalue weighted by Crippen LogP contribution is -2.53. The minimum Gasteiger partial charge on any atom is -0.396 e. The van der Waals surface area contributed by atoms with Gasteiger partial charge in [0.1, 0.15) is 0 Å². The van der Waals surface area contributed by atoms with Gasteiger partial charge in [0.05, 0.1) is 118 Å². The van der Waals surface area contributed by atoms with Gasteiger partial charge in [0.2, 0.25) is 0 Å². The lowest BCUT2D eigenvalue weighted by atomic mass is 9.90. The number of ether oxygens (including phenoxy) is 1. The minimum atomic E-state index is -4.13. The van der Waals surface area contributed by atoms with Crippen molar-refractivity contribution in [2.45, 2.75) is 62.1 Å². The van der Waals surface area contributed by atoms with Crippen molar-refractivity contribution in [1.82, 2.24) is 49.4 Å². The molecule has 5 fully saturated rings. The number of rotatable bonds is 12. The third-order valence-electron chi connectivity index (χ3n) is 16.6. The first-order valence-corrected chi connectivity index (χ1v) is 29.5. The average molecular weight is 1200 g/mol. The van der Waals surface area contributed by atoms with E-state index in [2.05, 4.69) is 87.3 Å². The summed E-state index contributed by atoms with van der Waals surface area (Å²) < 4.78 is 42.5. The predicted molar refractivity (Wildman–Crippen MR) is 343 cm³/mol. The Hall–Kier alpha value is -6.78. The maximum atomic E-state index is 12.2. The van der Waals surface area contributed by atoms with Crippen LogP contribution in [0, 0.1) is 0 Å². The van der Waals surface area contributed by atoms with Crippen LogP contribution in [0.1, 0.15) is 32.6 Å². The molecule has 12 N–H and O–H groups in total. The molecule has 0 spiro atoms. The molecule has 0 amide bonds. The molecular formula is C60H97F3N20O3. The Balaban J connectivity index is 0.000000172. The lowest BCUT2D eigenvalue weighted by Gasteiger charge is -2.43. The molecule has 10 heterocycles. The molecule has 5 aromatic rings. The maximum Gasteiger partial charge on any atom is 0.401 e. The second-order valence-corrected chi connectivity index (χ2v) is 23.7. The summed E-state index contributed by atoms with van der Waals surface area (Å²) in [6.45, 7) is 14.6. The Morgan fingerprint density at radius 1 is 0.523 bits per heavy atom. The summed E-state index contributed by atoms with van der Waals surface area (Å²) in [4.78, 5) is 41.2. The zero-order chi connectivity index (χ0) is 62.6. The standard InChI is InChI=1S/C14H24N4O.C13H22N4O.C11H15F3N4.C11H18N4O.C11H18N4/c1-17(2)11-14(19-3)5-8-18(9-6-14)13-4-7-16-10-12(13)15;1-16(2)10-13(18)4-7-17(8-5-13)12-3-6-15-9-11(12)14;12-11(13,14)8-17-3-5-18(6-4-17)10-1-2-16-7-9(10)15;1-14-4-5-15(7-9(14)8-16)11-2-3-13-6-10(11)12;1-9-8-15(6-5-14(9)2)11-3-4-13-7-10(11)12/h4,7,10H,5-6,8-9,11,15H2,1-3H3;3,6,9,18H,4-5,7-8,10,14H2,1-2H3;1-2,7H,3-6,8,15H2;2-3,6,9,16H,4-5,7-8,12H2,1H3;3-4,7,9H,5-6,8,12H2,1-2H3. The number of nitrogen functional groups attached to an aromatic ring is 5. The molecule has 0 bridgehead atoms. The number of aromatic nitrogens is 5. The molecule has 0 radical (unpaired) electrons. The monoisotopic (exact) mass is 1200 g/mol. The van der Waals surface area contributed by atoms with Crippen molar-refractivity contribution < 1.29 is 28.1 Å². The molecule has 5 aliphatic rings. The Morgan fingerprint density at radius 2 is 0.872 bits per heavy atom. The van der Waals surface area contributed by atoms with Crippen molar-refractivity contribution in [1.29, 1.82) is 0 Å². The van der Waals surface area contributed by atoms with E-state index in [1.54, 1.807) is 68.0 Å². The van der Waals surface area contributed by atoms with E-state index >= 15 is 0 Å². The smallest absolute Gasteiger partial charge is 0.396 e. The van der Waals surface area contributed by atoms with E-state index in [1.165, 1.54) is 4.90 Å². The van der Waals surface area contributed by atoms with Crippen molar-refractivity contribution in [2.75, 3.05) is 220 Å². The molecule has 0 aliphatic carbocycles. The van der Waals surface area contributed by atoms with Gasteiger partial charge in [-0.1, -0.05) is 0 Å². The number of hydrogen-bond acceptors (Lipinski definition) is 23. The number of aliphatic hydroxyl groups excluding tert-OH is 1. The third-order valence-corrected chi connectivity index (χ3v) is 16.6. The van der Waals surface area contributed by atoms with Crippen molar-refractivity contribution in [3.8, 4) is 0 Å². The first kappa shape index (κ1) is 68.3. The summed E-state index contributed by atoms with van der Waals surface area (Å²) in [6.07, 6.45) is 16.5. The molecule has 0 aromatic carbocycles. The van der Waals surface area contributed by atoms with E-state index in [9.17, 15) is 23.4 Å².